The van der Waals surface area contributed by atoms with Gasteiger partial charge in [0, 0.05) is 6.42 Å². The van der Waals surface area contributed by atoms with Crippen LogP contribution in [0.25, 0.3) is 0 Å². The molecule has 2 atom stereocenters. The molecule has 1 saturated carbocycles. The molecule has 1 aliphatic heterocycles. The van der Waals surface area contributed by atoms with Crippen LogP contribution in [0.3, 0.4) is 0 Å². The Morgan fingerprint density at radius 3 is 2.35 bits per heavy atom. The van der Waals surface area contributed by atoms with Crippen LogP contribution in [-0.4, -0.2) is 22.8 Å². The van der Waals surface area contributed by atoms with Gasteiger partial charge in [-0.05, 0) is 31.6 Å². The summed E-state index contributed by atoms with van der Waals surface area (Å²) in [5, 5.41) is 9.15. The molecule has 1 aliphatic carbocycles. The molecule has 2 unspecified atom stereocenters. The molecular formula is C13H18N2O2. The lowest BCUT2D eigenvalue weighted by Gasteiger charge is -2.27. The van der Waals surface area contributed by atoms with Gasteiger partial charge in [0.2, 0.25) is 11.8 Å². The monoisotopic (exact) mass is 234 g/mol. The SMILES string of the molecule is CC(C)C1(C)CC(=O)N(C(C#N)C2CC2)C1=O. The fourth-order valence-corrected chi connectivity index (χ4v) is 2.38. The van der Waals surface area contributed by atoms with Crippen molar-refractivity contribution in [1.29, 1.82) is 5.26 Å². The van der Waals surface area contributed by atoms with Crippen LogP contribution in [-0.2, 0) is 9.59 Å². The average molecular weight is 234 g/mol. The minimum absolute atomic E-state index is 0.113. The van der Waals surface area contributed by atoms with Gasteiger partial charge in [-0.15, -0.1) is 0 Å². The number of rotatable bonds is 3. The Hall–Kier alpha value is -1.37. The highest BCUT2D eigenvalue weighted by Crippen LogP contribution is 2.44. The van der Waals surface area contributed by atoms with E-state index in [0.717, 1.165) is 12.8 Å². The zero-order valence-corrected chi connectivity index (χ0v) is 10.6. The maximum Gasteiger partial charge on any atom is 0.237 e. The van der Waals surface area contributed by atoms with E-state index in [1.165, 1.54) is 4.90 Å². The molecule has 1 heterocycles. The van der Waals surface area contributed by atoms with Crippen molar-refractivity contribution >= 4 is 11.8 Å². The molecule has 0 aromatic carbocycles. The maximum atomic E-state index is 12.4. The van der Waals surface area contributed by atoms with E-state index in [4.69, 9.17) is 5.26 Å². The average Bonchev–Trinajstić information content (AvgIpc) is 3.04. The molecule has 0 radical (unpaired) electrons. The second kappa shape index (κ2) is 3.83. The van der Waals surface area contributed by atoms with E-state index in [1.807, 2.05) is 20.8 Å². The summed E-state index contributed by atoms with van der Waals surface area (Å²) in [5.41, 5.74) is -0.624. The van der Waals surface area contributed by atoms with E-state index < -0.39 is 11.5 Å². The highest BCUT2D eigenvalue weighted by Gasteiger charge is 2.54. The topological polar surface area (TPSA) is 61.2 Å². The molecule has 0 spiro atoms. The molecule has 0 N–H and O–H groups in total. The number of carbonyl (C=O) groups is 2. The van der Waals surface area contributed by atoms with Gasteiger partial charge in [-0.25, -0.2) is 0 Å². The minimum Gasteiger partial charge on any atom is -0.274 e. The molecule has 0 aromatic rings. The normalized spacial score (nSPS) is 30.9. The molecule has 0 aromatic heterocycles. The minimum atomic E-state index is -0.624. The Morgan fingerprint density at radius 1 is 1.41 bits per heavy atom. The fourth-order valence-electron chi connectivity index (χ4n) is 2.38. The first-order chi connectivity index (χ1) is 7.91. The van der Waals surface area contributed by atoms with Crippen molar-refractivity contribution in [2.45, 2.75) is 46.1 Å². The van der Waals surface area contributed by atoms with Crippen LogP contribution in [0.1, 0.15) is 40.0 Å². The maximum absolute atomic E-state index is 12.4. The molecule has 1 saturated heterocycles. The lowest BCUT2D eigenvalue weighted by molar-refractivity contribution is -0.143. The van der Waals surface area contributed by atoms with Crippen LogP contribution in [0.2, 0.25) is 0 Å². The standard InChI is InChI=1S/C13H18N2O2/c1-8(2)13(3)6-11(16)15(12(13)17)10(7-14)9-4-5-9/h8-10H,4-6H2,1-3H3. The van der Waals surface area contributed by atoms with Crippen LogP contribution in [0, 0.1) is 28.6 Å². The van der Waals surface area contributed by atoms with Gasteiger partial charge < -0.3 is 0 Å². The zero-order valence-electron chi connectivity index (χ0n) is 10.6. The van der Waals surface area contributed by atoms with Crippen LogP contribution in [0.15, 0.2) is 0 Å². The van der Waals surface area contributed by atoms with Gasteiger partial charge in [-0.1, -0.05) is 13.8 Å². The summed E-state index contributed by atoms with van der Waals surface area (Å²) in [6.45, 7) is 5.74. The summed E-state index contributed by atoms with van der Waals surface area (Å²) in [7, 11) is 0. The fraction of sp³-hybridized carbons (Fsp3) is 0.769. The van der Waals surface area contributed by atoms with Gasteiger partial charge in [-0.2, -0.15) is 5.26 Å². The largest absolute Gasteiger partial charge is 0.274 e. The molecule has 2 rings (SSSR count). The Bertz CT molecular complexity index is 406. The first-order valence-corrected chi connectivity index (χ1v) is 6.18. The Labute approximate surface area is 102 Å². The van der Waals surface area contributed by atoms with Crippen molar-refractivity contribution in [1.82, 2.24) is 4.90 Å². The summed E-state index contributed by atoms with van der Waals surface area (Å²) in [5.74, 6) is -0.00879. The van der Waals surface area contributed by atoms with Gasteiger partial charge in [0.1, 0.15) is 6.04 Å². The Balaban J connectivity index is 2.28. The number of nitriles is 1. The first kappa shape index (κ1) is 12.1. The lowest BCUT2D eigenvalue weighted by atomic mass is 9.78. The third-order valence-corrected chi connectivity index (χ3v) is 4.25. The number of carbonyl (C=O) groups excluding carboxylic acids is 2. The summed E-state index contributed by atoms with van der Waals surface area (Å²) < 4.78 is 0. The van der Waals surface area contributed by atoms with Gasteiger partial charge in [-0.3, -0.25) is 14.5 Å². The summed E-state index contributed by atoms with van der Waals surface area (Å²) >= 11 is 0. The smallest absolute Gasteiger partial charge is 0.237 e. The van der Waals surface area contributed by atoms with Crippen molar-refractivity contribution in [3.8, 4) is 6.07 Å². The van der Waals surface area contributed by atoms with Crippen LogP contribution < -0.4 is 0 Å². The van der Waals surface area contributed by atoms with E-state index in [0.29, 0.717) is 0 Å². The first-order valence-electron chi connectivity index (χ1n) is 6.18. The number of imide groups is 1. The molecule has 4 heteroatoms. The van der Waals surface area contributed by atoms with Crippen LogP contribution in [0.4, 0.5) is 0 Å². The van der Waals surface area contributed by atoms with Crippen molar-refractivity contribution in [3.05, 3.63) is 0 Å². The molecule has 2 fully saturated rings. The molecule has 17 heavy (non-hydrogen) atoms. The zero-order chi connectivity index (χ0) is 12.8. The number of amides is 2. The Kier molecular flexibility index (Phi) is 2.73. The van der Waals surface area contributed by atoms with Crippen molar-refractivity contribution in [2.24, 2.45) is 17.3 Å². The molecule has 0 bridgehead atoms. The highest BCUT2D eigenvalue weighted by molar-refractivity contribution is 6.06. The lowest BCUT2D eigenvalue weighted by Crippen LogP contribution is -2.43. The second-order valence-electron chi connectivity index (χ2n) is 5.73. The van der Waals surface area contributed by atoms with E-state index in [-0.39, 0.29) is 30.1 Å². The van der Waals surface area contributed by atoms with E-state index >= 15 is 0 Å². The number of hydrogen-bond acceptors (Lipinski definition) is 3. The third kappa shape index (κ3) is 1.74. The summed E-state index contributed by atoms with van der Waals surface area (Å²) in [6.07, 6.45) is 2.15. The van der Waals surface area contributed by atoms with Crippen LogP contribution in [0.5, 0.6) is 0 Å². The number of hydrogen-bond donors (Lipinski definition) is 0. The molecule has 92 valence electrons. The molecule has 2 aliphatic rings. The quantitative estimate of drug-likeness (QED) is 0.698. The van der Waals surface area contributed by atoms with E-state index in [2.05, 4.69) is 6.07 Å². The van der Waals surface area contributed by atoms with Gasteiger partial charge >= 0.3 is 0 Å². The number of nitrogens with zero attached hydrogens (tertiary/aromatic N) is 2. The number of likely N-dealkylation sites (tertiary alicyclic amines) is 1. The van der Waals surface area contributed by atoms with E-state index in [1.54, 1.807) is 0 Å². The van der Waals surface area contributed by atoms with Gasteiger partial charge in [0.15, 0.2) is 0 Å². The molecule has 2 amide bonds. The predicted molar refractivity (Wildman–Crippen MR) is 61.5 cm³/mol. The van der Waals surface area contributed by atoms with Gasteiger partial charge in [0.05, 0.1) is 11.5 Å². The summed E-state index contributed by atoms with van der Waals surface area (Å²) in [6, 6.07) is 1.60. The second-order valence-corrected chi connectivity index (χ2v) is 5.73. The Morgan fingerprint density at radius 2 is 2.00 bits per heavy atom. The van der Waals surface area contributed by atoms with Gasteiger partial charge in [0.25, 0.3) is 0 Å². The predicted octanol–water partition coefficient (Wildman–Crippen LogP) is 1.71. The third-order valence-electron chi connectivity index (χ3n) is 4.25. The molecule has 4 nitrogen and oxygen atoms in total. The summed E-state index contributed by atoms with van der Waals surface area (Å²) in [4.78, 5) is 25.6. The van der Waals surface area contributed by atoms with E-state index in [9.17, 15) is 9.59 Å². The highest BCUT2D eigenvalue weighted by atomic mass is 16.2. The van der Waals surface area contributed by atoms with Crippen LogP contribution >= 0.6 is 0 Å². The van der Waals surface area contributed by atoms with Crippen molar-refractivity contribution < 1.29 is 9.59 Å². The molecular weight excluding hydrogens is 216 g/mol. The van der Waals surface area contributed by atoms with Crippen molar-refractivity contribution in [3.63, 3.8) is 0 Å². The van der Waals surface area contributed by atoms with Crippen molar-refractivity contribution in [2.75, 3.05) is 0 Å².